The first-order chi connectivity index (χ1) is 12.5. The molecule has 0 saturated heterocycles. The highest BCUT2D eigenvalue weighted by atomic mass is 35.5. The smallest absolute Gasteiger partial charge is 0.312 e. The number of pyridine rings is 1. The standard InChI is InChI=1S/C19H15ClN2O3S/c1-12(18(24)13-4-6-15(20)7-5-13)25-17(23)9-16-11-26-19(22-16)14-3-2-8-21-10-14/h2-8,10-12H,9H2,1H3/t12-/m0/s1. The predicted molar refractivity (Wildman–Crippen MR) is 100 cm³/mol. The molecular formula is C19H15ClN2O3S. The maximum atomic E-state index is 12.3. The van der Waals surface area contributed by atoms with Crippen LogP contribution in [0, 0.1) is 0 Å². The summed E-state index contributed by atoms with van der Waals surface area (Å²) in [4.78, 5) is 32.9. The van der Waals surface area contributed by atoms with E-state index in [4.69, 9.17) is 16.3 Å². The summed E-state index contributed by atoms with van der Waals surface area (Å²) in [7, 11) is 0. The summed E-state index contributed by atoms with van der Waals surface area (Å²) >= 11 is 7.24. The second kappa shape index (κ2) is 8.21. The van der Waals surface area contributed by atoms with E-state index < -0.39 is 12.1 Å². The number of carbonyl (C=O) groups is 2. The SMILES string of the molecule is C[C@H](OC(=O)Cc1csc(-c2cccnc2)n1)C(=O)c1ccc(Cl)cc1. The zero-order valence-electron chi connectivity index (χ0n) is 13.9. The first-order valence-corrected chi connectivity index (χ1v) is 9.13. The number of rotatable bonds is 6. The number of benzene rings is 1. The highest BCUT2D eigenvalue weighted by Crippen LogP contribution is 2.23. The second-order valence-electron chi connectivity index (χ2n) is 5.57. The van der Waals surface area contributed by atoms with Crippen LogP contribution in [0.2, 0.25) is 5.02 Å². The number of esters is 1. The second-order valence-corrected chi connectivity index (χ2v) is 6.86. The average Bonchev–Trinajstić information content (AvgIpc) is 3.10. The molecule has 0 N–H and O–H groups in total. The lowest BCUT2D eigenvalue weighted by Crippen LogP contribution is -2.25. The van der Waals surface area contributed by atoms with Crippen molar-refractivity contribution in [2.45, 2.75) is 19.4 Å². The van der Waals surface area contributed by atoms with E-state index in [1.165, 1.54) is 11.3 Å². The third kappa shape index (κ3) is 4.53. The third-order valence-corrected chi connectivity index (χ3v) is 4.78. The largest absolute Gasteiger partial charge is 0.454 e. The van der Waals surface area contributed by atoms with Gasteiger partial charge in [-0.1, -0.05) is 11.6 Å². The van der Waals surface area contributed by atoms with Crippen LogP contribution in [0.4, 0.5) is 0 Å². The molecule has 0 radical (unpaired) electrons. The van der Waals surface area contributed by atoms with Crippen molar-refractivity contribution in [3.05, 3.63) is 70.5 Å². The van der Waals surface area contributed by atoms with Gasteiger partial charge in [0.2, 0.25) is 5.78 Å². The quantitative estimate of drug-likeness (QED) is 0.468. The van der Waals surface area contributed by atoms with E-state index >= 15 is 0 Å². The zero-order valence-corrected chi connectivity index (χ0v) is 15.5. The van der Waals surface area contributed by atoms with Crippen LogP contribution < -0.4 is 0 Å². The number of Topliss-reactive ketones (excluding diaryl/α,β-unsaturated/α-hetero) is 1. The molecule has 2 heterocycles. The van der Waals surface area contributed by atoms with Crippen molar-refractivity contribution in [2.24, 2.45) is 0 Å². The highest BCUT2D eigenvalue weighted by Gasteiger charge is 2.20. The fourth-order valence-corrected chi connectivity index (χ4v) is 3.24. The van der Waals surface area contributed by atoms with E-state index in [0.717, 1.165) is 10.6 Å². The van der Waals surface area contributed by atoms with Crippen LogP contribution in [0.3, 0.4) is 0 Å². The van der Waals surface area contributed by atoms with Gasteiger partial charge in [-0.25, -0.2) is 4.98 Å². The number of hydrogen-bond acceptors (Lipinski definition) is 6. The molecule has 0 bridgehead atoms. The summed E-state index contributed by atoms with van der Waals surface area (Å²) in [6.07, 6.45) is 2.54. The molecule has 26 heavy (non-hydrogen) atoms. The molecule has 5 nitrogen and oxygen atoms in total. The molecule has 7 heteroatoms. The zero-order chi connectivity index (χ0) is 18.5. The number of halogens is 1. The molecule has 0 aliphatic carbocycles. The molecule has 2 aromatic heterocycles. The predicted octanol–water partition coefficient (Wildman–Crippen LogP) is 4.22. The van der Waals surface area contributed by atoms with Crippen molar-refractivity contribution in [1.29, 1.82) is 0 Å². The van der Waals surface area contributed by atoms with Crippen molar-refractivity contribution in [2.75, 3.05) is 0 Å². The minimum atomic E-state index is -0.875. The minimum absolute atomic E-state index is 0.00893. The molecule has 0 spiro atoms. The summed E-state index contributed by atoms with van der Waals surface area (Å²) in [5.74, 6) is -0.771. The summed E-state index contributed by atoms with van der Waals surface area (Å²) < 4.78 is 5.25. The summed E-state index contributed by atoms with van der Waals surface area (Å²) in [6, 6.07) is 10.2. The summed E-state index contributed by atoms with van der Waals surface area (Å²) in [5, 5.41) is 3.13. The lowest BCUT2D eigenvalue weighted by Gasteiger charge is -2.12. The normalized spacial score (nSPS) is 11.8. The van der Waals surface area contributed by atoms with Crippen LogP contribution in [-0.2, 0) is 16.0 Å². The molecule has 3 rings (SSSR count). The monoisotopic (exact) mass is 386 g/mol. The molecule has 0 amide bonds. The van der Waals surface area contributed by atoms with E-state index in [9.17, 15) is 9.59 Å². The maximum absolute atomic E-state index is 12.3. The van der Waals surface area contributed by atoms with Gasteiger partial charge in [-0.3, -0.25) is 14.6 Å². The van der Waals surface area contributed by atoms with Crippen LogP contribution in [0.15, 0.2) is 54.2 Å². The van der Waals surface area contributed by atoms with Gasteiger partial charge < -0.3 is 4.74 Å². The molecule has 0 aliphatic heterocycles. The Hall–Kier alpha value is -2.57. The van der Waals surface area contributed by atoms with Crippen molar-refractivity contribution < 1.29 is 14.3 Å². The number of ketones is 1. The molecule has 1 atom stereocenters. The molecule has 0 saturated carbocycles. The Morgan fingerprint density at radius 3 is 2.69 bits per heavy atom. The maximum Gasteiger partial charge on any atom is 0.312 e. The minimum Gasteiger partial charge on any atom is -0.454 e. The van der Waals surface area contributed by atoms with Crippen LogP contribution in [0.25, 0.3) is 10.6 Å². The topological polar surface area (TPSA) is 69.2 Å². The number of aromatic nitrogens is 2. The average molecular weight is 387 g/mol. The Labute approximate surface area is 159 Å². The van der Waals surface area contributed by atoms with Crippen molar-refractivity contribution in [1.82, 2.24) is 9.97 Å². The molecule has 1 aromatic carbocycles. The van der Waals surface area contributed by atoms with Gasteiger partial charge in [0.1, 0.15) is 5.01 Å². The van der Waals surface area contributed by atoms with Gasteiger partial charge >= 0.3 is 5.97 Å². The van der Waals surface area contributed by atoms with Gasteiger partial charge in [0.05, 0.1) is 12.1 Å². The Morgan fingerprint density at radius 1 is 1.23 bits per heavy atom. The van der Waals surface area contributed by atoms with Gasteiger partial charge in [-0.2, -0.15) is 0 Å². The number of thiazole rings is 1. The van der Waals surface area contributed by atoms with E-state index in [1.54, 1.807) is 49.0 Å². The molecule has 0 unspecified atom stereocenters. The van der Waals surface area contributed by atoms with E-state index in [0.29, 0.717) is 16.3 Å². The van der Waals surface area contributed by atoms with Gasteiger partial charge in [-0.15, -0.1) is 11.3 Å². The van der Waals surface area contributed by atoms with E-state index in [2.05, 4.69) is 9.97 Å². The summed E-state index contributed by atoms with van der Waals surface area (Å²) in [6.45, 7) is 1.55. The van der Waals surface area contributed by atoms with E-state index in [-0.39, 0.29) is 12.2 Å². The van der Waals surface area contributed by atoms with E-state index in [1.807, 2.05) is 12.1 Å². The molecule has 3 aromatic rings. The highest BCUT2D eigenvalue weighted by molar-refractivity contribution is 7.13. The Kier molecular flexibility index (Phi) is 5.75. The lowest BCUT2D eigenvalue weighted by molar-refractivity contribution is -0.145. The number of hydrogen-bond donors (Lipinski definition) is 0. The fraction of sp³-hybridized carbons (Fsp3) is 0.158. The first-order valence-electron chi connectivity index (χ1n) is 7.87. The molecular weight excluding hydrogens is 372 g/mol. The van der Waals surface area contributed by atoms with Crippen molar-refractivity contribution >= 4 is 34.7 Å². The van der Waals surface area contributed by atoms with Gasteiger partial charge in [0, 0.05) is 33.9 Å². The number of ether oxygens (including phenoxy) is 1. The van der Waals surface area contributed by atoms with Crippen LogP contribution in [-0.4, -0.2) is 27.8 Å². The fourth-order valence-electron chi connectivity index (χ4n) is 2.30. The third-order valence-electron chi connectivity index (χ3n) is 3.59. The summed E-state index contributed by atoms with van der Waals surface area (Å²) in [5.41, 5.74) is 1.94. The van der Waals surface area contributed by atoms with Crippen LogP contribution in [0.5, 0.6) is 0 Å². The van der Waals surface area contributed by atoms with Crippen molar-refractivity contribution in [3.8, 4) is 10.6 Å². The Morgan fingerprint density at radius 2 is 2.00 bits per heavy atom. The molecule has 132 valence electrons. The Balaban J connectivity index is 1.59. The number of carbonyl (C=O) groups excluding carboxylic acids is 2. The number of nitrogens with zero attached hydrogens (tertiary/aromatic N) is 2. The van der Waals surface area contributed by atoms with Gasteiger partial charge in [-0.05, 0) is 43.3 Å². The van der Waals surface area contributed by atoms with Crippen molar-refractivity contribution in [3.63, 3.8) is 0 Å². The molecule has 0 aliphatic rings. The van der Waals surface area contributed by atoms with Gasteiger partial charge in [0.25, 0.3) is 0 Å². The van der Waals surface area contributed by atoms with Gasteiger partial charge in [0.15, 0.2) is 6.10 Å². The van der Waals surface area contributed by atoms with Crippen LogP contribution in [0.1, 0.15) is 23.0 Å². The Bertz CT molecular complexity index is 910. The lowest BCUT2D eigenvalue weighted by atomic mass is 10.1. The first kappa shape index (κ1) is 18.2. The molecule has 0 fully saturated rings. The van der Waals surface area contributed by atoms with Crippen LogP contribution >= 0.6 is 22.9 Å².